The van der Waals surface area contributed by atoms with Gasteiger partial charge in [-0.25, -0.2) is 0 Å². The van der Waals surface area contributed by atoms with E-state index in [0.29, 0.717) is 11.5 Å². The summed E-state index contributed by atoms with van der Waals surface area (Å²) in [6, 6.07) is 15.7. The quantitative estimate of drug-likeness (QED) is 0.880. The zero-order chi connectivity index (χ0) is 16.1. The van der Waals surface area contributed by atoms with Gasteiger partial charge in [0.2, 0.25) is 0 Å². The van der Waals surface area contributed by atoms with Crippen LogP contribution in [0, 0.1) is 0 Å². The molecule has 0 unspecified atom stereocenters. The lowest BCUT2D eigenvalue weighted by molar-refractivity contribution is 0.102. The molecule has 0 radical (unpaired) electrons. The number of hydrogen-bond donors (Lipinski definition) is 1. The van der Waals surface area contributed by atoms with Crippen molar-refractivity contribution in [3.63, 3.8) is 0 Å². The SMILES string of the molecule is CC[C@H](C)c1ccccc1NC(=O)c1cccc(N(C)C)c1. The minimum absolute atomic E-state index is 0.0700. The van der Waals surface area contributed by atoms with Gasteiger partial charge < -0.3 is 10.2 Å². The number of nitrogens with one attached hydrogen (secondary N) is 1. The van der Waals surface area contributed by atoms with Crippen LogP contribution >= 0.6 is 0 Å². The number of carbonyl (C=O) groups is 1. The maximum atomic E-state index is 12.5. The molecule has 3 nitrogen and oxygen atoms in total. The van der Waals surface area contributed by atoms with Crippen LogP contribution in [0.3, 0.4) is 0 Å². The largest absolute Gasteiger partial charge is 0.378 e. The van der Waals surface area contributed by atoms with Gasteiger partial charge in [0, 0.05) is 31.0 Å². The fourth-order valence-corrected chi connectivity index (χ4v) is 2.38. The highest BCUT2D eigenvalue weighted by molar-refractivity contribution is 6.05. The number of hydrogen-bond acceptors (Lipinski definition) is 2. The van der Waals surface area contributed by atoms with E-state index in [1.54, 1.807) is 0 Å². The number of carbonyl (C=O) groups excluding carboxylic acids is 1. The van der Waals surface area contributed by atoms with Crippen molar-refractivity contribution >= 4 is 17.3 Å². The number of para-hydroxylation sites is 1. The second kappa shape index (κ2) is 7.12. The fourth-order valence-electron chi connectivity index (χ4n) is 2.38. The summed E-state index contributed by atoms with van der Waals surface area (Å²) >= 11 is 0. The highest BCUT2D eigenvalue weighted by Crippen LogP contribution is 2.27. The lowest BCUT2D eigenvalue weighted by Gasteiger charge is -2.16. The van der Waals surface area contributed by atoms with E-state index in [1.807, 2.05) is 61.5 Å². The Labute approximate surface area is 133 Å². The van der Waals surface area contributed by atoms with Crippen LogP contribution in [-0.4, -0.2) is 20.0 Å². The first-order chi connectivity index (χ1) is 10.5. The molecule has 0 saturated carbocycles. The van der Waals surface area contributed by atoms with Crippen molar-refractivity contribution in [1.29, 1.82) is 0 Å². The maximum absolute atomic E-state index is 12.5. The Morgan fingerprint density at radius 3 is 2.55 bits per heavy atom. The summed E-state index contributed by atoms with van der Waals surface area (Å²) in [7, 11) is 3.94. The molecule has 1 atom stereocenters. The van der Waals surface area contributed by atoms with Crippen molar-refractivity contribution in [2.24, 2.45) is 0 Å². The van der Waals surface area contributed by atoms with Gasteiger partial charge in [-0.3, -0.25) is 4.79 Å². The summed E-state index contributed by atoms with van der Waals surface area (Å²) in [5.74, 6) is 0.351. The Bertz CT molecular complexity index is 649. The third kappa shape index (κ3) is 3.67. The zero-order valence-corrected chi connectivity index (χ0v) is 13.8. The van der Waals surface area contributed by atoms with E-state index in [4.69, 9.17) is 0 Å². The minimum atomic E-state index is -0.0700. The summed E-state index contributed by atoms with van der Waals surface area (Å²) in [5.41, 5.74) is 3.77. The van der Waals surface area contributed by atoms with E-state index >= 15 is 0 Å². The van der Waals surface area contributed by atoms with Gasteiger partial charge in [-0.1, -0.05) is 38.1 Å². The Kier molecular flexibility index (Phi) is 5.21. The van der Waals surface area contributed by atoms with Gasteiger partial charge in [-0.2, -0.15) is 0 Å². The standard InChI is InChI=1S/C19H24N2O/c1-5-14(2)17-11-6-7-12-18(17)20-19(22)15-9-8-10-16(13-15)21(3)4/h6-14H,5H2,1-4H3,(H,20,22)/t14-/m0/s1. The Balaban J connectivity index is 2.24. The summed E-state index contributed by atoms with van der Waals surface area (Å²) in [5, 5.41) is 3.05. The molecule has 0 spiro atoms. The molecule has 116 valence electrons. The van der Waals surface area contributed by atoms with Gasteiger partial charge in [0.05, 0.1) is 0 Å². The molecule has 2 aromatic carbocycles. The number of amides is 1. The molecule has 0 fully saturated rings. The molecule has 0 aromatic heterocycles. The van der Waals surface area contributed by atoms with E-state index in [0.717, 1.165) is 17.8 Å². The molecule has 0 saturated heterocycles. The molecule has 22 heavy (non-hydrogen) atoms. The van der Waals surface area contributed by atoms with Gasteiger partial charge in [0.15, 0.2) is 0 Å². The molecule has 1 amide bonds. The predicted molar refractivity (Wildman–Crippen MR) is 93.9 cm³/mol. The molecule has 2 aromatic rings. The molecule has 1 N–H and O–H groups in total. The van der Waals surface area contributed by atoms with Crippen LogP contribution in [0.2, 0.25) is 0 Å². The molecule has 3 heteroatoms. The number of benzene rings is 2. The monoisotopic (exact) mass is 296 g/mol. The van der Waals surface area contributed by atoms with Crippen molar-refractivity contribution in [2.75, 3.05) is 24.3 Å². The van der Waals surface area contributed by atoms with Gasteiger partial charge in [0.1, 0.15) is 0 Å². The average Bonchev–Trinajstić information content (AvgIpc) is 2.54. The first-order valence-corrected chi connectivity index (χ1v) is 7.70. The summed E-state index contributed by atoms with van der Waals surface area (Å²) in [4.78, 5) is 14.5. The second-order valence-electron chi connectivity index (χ2n) is 5.80. The maximum Gasteiger partial charge on any atom is 0.255 e. The van der Waals surface area contributed by atoms with Crippen molar-refractivity contribution in [3.8, 4) is 0 Å². The van der Waals surface area contributed by atoms with E-state index in [1.165, 1.54) is 5.56 Å². The zero-order valence-electron chi connectivity index (χ0n) is 13.8. The van der Waals surface area contributed by atoms with Crippen LogP contribution < -0.4 is 10.2 Å². The summed E-state index contributed by atoms with van der Waals surface area (Å²) in [6.07, 6.45) is 1.04. The van der Waals surface area contributed by atoms with E-state index in [2.05, 4.69) is 25.2 Å². The third-order valence-electron chi connectivity index (χ3n) is 3.98. The van der Waals surface area contributed by atoms with Gasteiger partial charge in [-0.05, 0) is 42.2 Å². The van der Waals surface area contributed by atoms with Gasteiger partial charge in [0.25, 0.3) is 5.91 Å². The normalized spacial score (nSPS) is 11.8. The van der Waals surface area contributed by atoms with Crippen molar-refractivity contribution in [1.82, 2.24) is 0 Å². The van der Waals surface area contributed by atoms with Crippen LogP contribution in [0.5, 0.6) is 0 Å². The summed E-state index contributed by atoms with van der Waals surface area (Å²) < 4.78 is 0. The second-order valence-corrected chi connectivity index (χ2v) is 5.80. The van der Waals surface area contributed by atoms with Crippen molar-refractivity contribution in [2.45, 2.75) is 26.2 Å². The van der Waals surface area contributed by atoms with E-state index in [-0.39, 0.29) is 5.91 Å². The predicted octanol–water partition coefficient (Wildman–Crippen LogP) is 4.52. The van der Waals surface area contributed by atoms with Crippen LogP contribution in [0.4, 0.5) is 11.4 Å². The molecular weight excluding hydrogens is 272 g/mol. The van der Waals surface area contributed by atoms with Crippen LogP contribution in [0.25, 0.3) is 0 Å². The molecule has 0 aliphatic rings. The molecule has 0 heterocycles. The topological polar surface area (TPSA) is 32.3 Å². The van der Waals surface area contributed by atoms with Crippen LogP contribution in [-0.2, 0) is 0 Å². The van der Waals surface area contributed by atoms with Crippen LogP contribution in [0.15, 0.2) is 48.5 Å². The van der Waals surface area contributed by atoms with Gasteiger partial charge in [-0.15, -0.1) is 0 Å². The first kappa shape index (κ1) is 16.1. The lowest BCUT2D eigenvalue weighted by Crippen LogP contribution is -2.15. The number of nitrogens with zero attached hydrogens (tertiary/aromatic N) is 1. The Hall–Kier alpha value is -2.29. The van der Waals surface area contributed by atoms with E-state index in [9.17, 15) is 4.79 Å². The average molecular weight is 296 g/mol. The smallest absolute Gasteiger partial charge is 0.255 e. The number of rotatable bonds is 5. The third-order valence-corrected chi connectivity index (χ3v) is 3.98. The Morgan fingerprint density at radius 2 is 1.86 bits per heavy atom. The molecule has 0 aliphatic heterocycles. The van der Waals surface area contributed by atoms with E-state index < -0.39 is 0 Å². The molecular formula is C19H24N2O. The van der Waals surface area contributed by atoms with Crippen molar-refractivity contribution in [3.05, 3.63) is 59.7 Å². The fraction of sp³-hybridized carbons (Fsp3) is 0.316. The molecule has 0 aliphatic carbocycles. The minimum Gasteiger partial charge on any atom is -0.378 e. The highest BCUT2D eigenvalue weighted by atomic mass is 16.1. The molecule has 2 rings (SSSR count). The molecule has 0 bridgehead atoms. The Morgan fingerprint density at radius 1 is 1.14 bits per heavy atom. The summed E-state index contributed by atoms with van der Waals surface area (Å²) in [6.45, 7) is 4.33. The lowest BCUT2D eigenvalue weighted by atomic mass is 9.97. The number of anilines is 2. The van der Waals surface area contributed by atoms with Crippen molar-refractivity contribution < 1.29 is 4.79 Å². The van der Waals surface area contributed by atoms with Crippen LogP contribution in [0.1, 0.15) is 42.1 Å². The van der Waals surface area contributed by atoms with Gasteiger partial charge >= 0.3 is 0 Å². The first-order valence-electron chi connectivity index (χ1n) is 7.70. The highest BCUT2D eigenvalue weighted by Gasteiger charge is 2.12.